The van der Waals surface area contributed by atoms with E-state index >= 15 is 0 Å². The van der Waals surface area contributed by atoms with Gasteiger partial charge in [-0.05, 0) is 31.5 Å². The topological polar surface area (TPSA) is 58.4 Å². The minimum atomic E-state index is 0.0321. The van der Waals surface area contributed by atoms with Crippen LogP contribution in [0, 0.1) is 6.92 Å². The average molecular weight is 293 g/mol. The van der Waals surface area contributed by atoms with E-state index in [-0.39, 0.29) is 5.91 Å². The number of nitrogens with zero attached hydrogens (tertiary/aromatic N) is 1. The van der Waals surface area contributed by atoms with Crippen LogP contribution in [-0.2, 0) is 4.79 Å². The zero-order chi connectivity index (χ0) is 14.7. The predicted molar refractivity (Wildman–Crippen MR) is 87.2 cm³/mol. The largest absolute Gasteiger partial charge is 0.399 e. The Hall–Kier alpha value is -1.20. The second kappa shape index (κ2) is 6.50. The Morgan fingerprint density at radius 1 is 1.50 bits per heavy atom. The third kappa shape index (κ3) is 3.67. The van der Waals surface area contributed by atoms with Gasteiger partial charge in [0.05, 0.1) is 6.54 Å². The molecular formula is C15H23N3OS. The summed E-state index contributed by atoms with van der Waals surface area (Å²) < 4.78 is 0. The minimum Gasteiger partial charge on any atom is -0.399 e. The van der Waals surface area contributed by atoms with E-state index in [0.717, 1.165) is 23.5 Å². The molecule has 20 heavy (non-hydrogen) atoms. The SMILES string of the molecule is Cc1ccc(N)cc1NC(=O)CN1CCSC(C)C1C. The van der Waals surface area contributed by atoms with Gasteiger partial charge in [-0.25, -0.2) is 0 Å². The van der Waals surface area contributed by atoms with Crippen LogP contribution in [0.1, 0.15) is 19.4 Å². The third-order valence-corrected chi connectivity index (χ3v) is 5.23. The standard InChI is InChI=1S/C15H23N3OS/c1-10-4-5-13(16)8-14(10)17-15(19)9-18-6-7-20-12(3)11(18)2/h4-5,8,11-12H,6-7,9,16H2,1-3H3,(H,17,19). The lowest BCUT2D eigenvalue weighted by molar-refractivity contribution is -0.117. The van der Waals surface area contributed by atoms with Gasteiger partial charge in [0.15, 0.2) is 0 Å². The molecule has 1 amide bonds. The average Bonchev–Trinajstić information content (AvgIpc) is 2.39. The van der Waals surface area contributed by atoms with Crippen LogP contribution in [0.5, 0.6) is 0 Å². The van der Waals surface area contributed by atoms with Gasteiger partial charge < -0.3 is 11.1 Å². The molecule has 0 radical (unpaired) electrons. The summed E-state index contributed by atoms with van der Waals surface area (Å²) in [6, 6.07) is 6.01. The van der Waals surface area contributed by atoms with Gasteiger partial charge >= 0.3 is 0 Å². The number of nitrogens with one attached hydrogen (secondary N) is 1. The number of carbonyl (C=O) groups excluding carboxylic acids is 1. The number of nitrogens with two attached hydrogens (primary N) is 1. The monoisotopic (exact) mass is 293 g/mol. The smallest absolute Gasteiger partial charge is 0.238 e. The molecule has 0 bridgehead atoms. The maximum absolute atomic E-state index is 12.2. The van der Waals surface area contributed by atoms with Crippen molar-refractivity contribution in [3.05, 3.63) is 23.8 Å². The van der Waals surface area contributed by atoms with E-state index in [9.17, 15) is 4.79 Å². The van der Waals surface area contributed by atoms with Crippen molar-refractivity contribution < 1.29 is 4.79 Å². The number of rotatable bonds is 3. The Morgan fingerprint density at radius 3 is 3.00 bits per heavy atom. The van der Waals surface area contributed by atoms with Gasteiger partial charge in [0.25, 0.3) is 0 Å². The molecular weight excluding hydrogens is 270 g/mol. The summed E-state index contributed by atoms with van der Waals surface area (Å²) in [5.74, 6) is 1.13. The molecule has 3 N–H and O–H groups in total. The summed E-state index contributed by atoms with van der Waals surface area (Å²) in [6.45, 7) is 7.80. The normalized spacial score (nSPS) is 23.6. The molecule has 1 aliphatic heterocycles. The maximum Gasteiger partial charge on any atom is 0.238 e. The van der Waals surface area contributed by atoms with Crippen molar-refractivity contribution in [2.45, 2.75) is 32.1 Å². The molecule has 110 valence electrons. The number of anilines is 2. The molecule has 1 heterocycles. The van der Waals surface area contributed by atoms with Crippen molar-refractivity contribution in [1.82, 2.24) is 4.90 Å². The molecule has 4 nitrogen and oxygen atoms in total. The number of aryl methyl sites for hydroxylation is 1. The molecule has 1 aliphatic rings. The van der Waals surface area contributed by atoms with Crippen LogP contribution in [0.4, 0.5) is 11.4 Å². The summed E-state index contributed by atoms with van der Waals surface area (Å²) >= 11 is 1.98. The van der Waals surface area contributed by atoms with Gasteiger partial charge in [0.1, 0.15) is 0 Å². The van der Waals surface area contributed by atoms with Gasteiger partial charge in [-0.1, -0.05) is 13.0 Å². The molecule has 2 unspecified atom stereocenters. The Bertz CT molecular complexity index is 492. The zero-order valence-corrected chi connectivity index (χ0v) is 13.2. The molecule has 1 saturated heterocycles. The fraction of sp³-hybridized carbons (Fsp3) is 0.533. The van der Waals surface area contributed by atoms with Gasteiger partial charge in [-0.2, -0.15) is 11.8 Å². The van der Waals surface area contributed by atoms with E-state index < -0.39 is 0 Å². The number of benzene rings is 1. The van der Waals surface area contributed by atoms with E-state index in [1.54, 1.807) is 0 Å². The second-order valence-corrected chi connectivity index (χ2v) is 6.89. The van der Waals surface area contributed by atoms with E-state index in [4.69, 9.17) is 5.73 Å². The van der Waals surface area contributed by atoms with E-state index in [0.29, 0.717) is 23.5 Å². The summed E-state index contributed by atoms with van der Waals surface area (Å²) in [5, 5.41) is 3.54. The minimum absolute atomic E-state index is 0.0321. The van der Waals surface area contributed by atoms with Gasteiger partial charge in [0.2, 0.25) is 5.91 Å². The highest BCUT2D eigenvalue weighted by Crippen LogP contribution is 2.24. The molecule has 0 aliphatic carbocycles. The Morgan fingerprint density at radius 2 is 2.25 bits per heavy atom. The highest BCUT2D eigenvalue weighted by atomic mass is 32.2. The number of nitrogen functional groups attached to an aromatic ring is 1. The van der Waals surface area contributed by atoms with Crippen molar-refractivity contribution in [2.24, 2.45) is 0 Å². The van der Waals surface area contributed by atoms with E-state index in [1.165, 1.54) is 0 Å². The van der Waals surface area contributed by atoms with Crippen LogP contribution >= 0.6 is 11.8 Å². The zero-order valence-electron chi connectivity index (χ0n) is 12.3. The predicted octanol–water partition coefficient (Wildman–Crippen LogP) is 2.34. The number of carbonyl (C=O) groups is 1. The number of hydrogen-bond donors (Lipinski definition) is 2. The lowest BCUT2D eigenvalue weighted by atomic mass is 10.1. The highest BCUT2D eigenvalue weighted by molar-refractivity contribution is 8.00. The lowest BCUT2D eigenvalue weighted by Gasteiger charge is -2.36. The third-order valence-electron chi connectivity index (χ3n) is 3.90. The Labute approximate surface area is 125 Å². The molecule has 1 aromatic carbocycles. The highest BCUT2D eigenvalue weighted by Gasteiger charge is 2.26. The summed E-state index contributed by atoms with van der Waals surface area (Å²) in [4.78, 5) is 14.4. The molecule has 0 saturated carbocycles. The van der Waals surface area contributed by atoms with Crippen LogP contribution < -0.4 is 11.1 Å². The lowest BCUT2D eigenvalue weighted by Crippen LogP contribution is -2.47. The summed E-state index contributed by atoms with van der Waals surface area (Å²) in [5.41, 5.74) is 8.27. The molecule has 2 atom stereocenters. The van der Waals surface area contributed by atoms with E-state index in [1.807, 2.05) is 36.9 Å². The van der Waals surface area contributed by atoms with Gasteiger partial charge in [-0.15, -0.1) is 0 Å². The van der Waals surface area contributed by atoms with Crippen LogP contribution in [-0.4, -0.2) is 40.9 Å². The molecule has 1 aromatic rings. The Balaban J connectivity index is 1.97. The molecule has 5 heteroatoms. The number of thioether (sulfide) groups is 1. The maximum atomic E-state index is 12.2. The van der Waals surface area contributed by atoms with E-state index in [2.05, 4.69) is 24.1 Å². The summed E-state index contributed by atoms with van der Waals surface area (Å²) in [7, 11) is 0. The first-order chi connectivity index (χ1) is 9.47. The van der Waals surface area contributed by atoms with Crippen LogP contribution in [0.2, 0.25) is 0 Å². The molecule has 0 spiro atoms. The fourth-order valence-corrected chi connectivity index (χ4v) is 3.53. The van der Waals surface area contributed by atoms with Gasteiger partial charge in [-0.3, -0.25) is 9.69 Å². The van der Waals surface area contributed by atoms with Crippen LogP contribution in [0.15, 0.2) is 18.2 Å². The first kappa shape index (κ1) is 15.2. The quantitative estimate of drug-likeness (QED) is 0.840. The molecule has 2 rings (SSSR count). The van der Waals surface area contributed by atoms with Crippen molar-refractivity contribution >= 4 is 29.0 Å². The number of hydrogen-bond acceptors (Lipinski definition) is 4. The van der Waals surface area contributed by atoms with Crippen molar-refractivity contribution in [1.29, 1.82) is 0 Å². The first-order valence-electron chi connectivity index (χ1n) is 6.99. The van der Waals surface area contributed by atoms with Crippen LogP contribution in [0.25, 0.3) is 0 Å². The Kier molecular flexibility index (Phi) is 4.94. The van der Waals surface area contributed by atoms with Crippen molar-refractivity contribution in [2.75, 3.05) is 29.9 Å². The fourth-order valence-electron chi connectivity index (χ4n) is 2.37. The first-order valence-corrected chi connectivity index (χ1v) is 8.04. The van der Waals surface area contributed by atoms with Gasteiger partial charge in [0, 0.05) is 35.0 Å². The number of amides is 1. The second-order valence-electron chi connectivity index (χ2n) is 5.41. The van der Waals surface area contributed by atoms with Crippen molar-refractivity contribution in [3.63, 3.8) is 0 Å². The van der Waals surface area contributed by atoms with Crippen molar-refractivity contribution in [3.8, 4) is 0 Å². The summed E-state index contributed by atoms with van der Waals surface area (Å²) in [6.07, 6.45) is 0. The molecule has 0 aromatic heterocycles. The molecule has 1 fully saturated rings. The van der Waals surface area contributed by atoms with Crippen LogP contribution in [0.3, 0.4) is 0 Å².